The van der Waals surface area contributed by atoms with Crippen LogP contribution < -0.4 is 4.90 Å². The van der Waals surface area contributed by atoms with Crippen molar-refractivity contribution < 1.29 is 0 Å². The molecule has 0 amide bonds. The van der Waals surface area contributed by atoms with Crippen molar-refractivity contribution in [3.8, 4) is 22.4 Å². The van der Waals surface area contributed by atoms with Crippen LogP contribution in [0.1, 0.15) is 19.3 Å². The number of nitrogens with zero attached hydrogens (tertiary/aromatic N) is 4. The van der Waals surface area contributed by atoms with Crippen molar-refractivity contribution in [2.45, 2.75) is 19.3 Å². The standard InChI is InChI=1S/C20H20N4/c1-3-7-17(8-4-1)20-18(16-9-11-21-12-10-16)15-19(22-23-20)24-13-5-2-6-14-24/h1,3-4,7-12,15H,2,5-6,13-14H2. The van der Waals surface area contributed by atoms with Gasteiger partial charge >= 0.3 is 0 Å². The van der Waals surface area contributed by atoms with Gasteiger partial charge in [-0.15, -0.1) is 10.2 Å². The van der Waals surface area contributed by atoms with Crippen molar-refractivity contribution >= 4 is 5.82 Å². The van der Waals surface area contributed by atoms with Gasteiger partial charge in [0, 0.05) is 36.6 Å². The van der Waals surface area contributed by atoms with Crippen molar-refractivity contribution in [3.63, 3.8) is 0 Å². The molecule has 2 aromatic heterocycles. The Morgan fingerprint density at radius 3 is 2.25 bits per heavy atom. The van der Waals surface area contributed by atoms with E-state index in [0.29, 0.717) is 0 Å². The highest BCUT2D eigenvalue weighted by atomic mass is 15.3. The first-order valence-corrected chi connectivity index (χ1v) is 8.50. The molecule has 4 nitrogen and oxygen atoms in total. The van der Waals surface area contributed by atoms with Gasteiger partial charge in [0.1, 0.15) is 5.69 Å². The Bertz CT molecular complexity index is 796. The van der Waals surface area contributed by atoms with Gasteiger partial charge in [-0.2, -0.15) is 0 Å². The molecule has 0 unspecified atom stereocenters. The molecular weight excluding hydrogens is 296 g/mol. The highest BCUT2D eigenvalue weighted by Gasteiger charge is 2.17. The largest absolute Gasteiger partial charge is 0.355 e. The normalized spacial score (nSPS) is 14.6. The molecule has 1 aromatic carbocycles. The molecule has 1 aliphatic heterocycles. The molecule has 3 heterocycles. The van der Waals surface area contributed by atoms with Crippen LogP contribution in [0.5, 0.6) is 0 Å². The predicted molar refractivity (Wildman–Crippen MR) is 96.8 cm³/mol. The number of hydrogen-bond donors (Lipinski definition) is 0. The molecule has 120 valence electrons. The second kappa shape index (κ2) is 6.79. The highest BCUT2D eigenvalue weighted by molar-refractivity contribution is 5.81. The summed E-state index contributed by atoms with van der Waals surface area (Å²) in [4.78, 5) is 6.48. The second-order valence-electron chi connectivity index (χ2n) is 6.11. The van der Waals surface area contributed by atoms with Crippen molar-refractivity contribution in [1.82, 2.24) is 15.2 Å². The highest BCUT2D eigenvalue weighted by Crippen LogP contribution is 2.32. The van der Waals surface area contributed by atoms with E-state index in [0.717, 1.165) is 41.3 Å². The fourth-order valence-corrected chi connectivity index (χ4v) is 3.22. The van der Waals surface area contributed by atoms with E-state index in [2.05, 4.69) is 38.3 Å². The topological polar surface area (TPSA) is 41.9 Å². The molecule has 0 bridgehead atoms. The van der Waals surface area contributed by atoms with E-state index < -0.39 is 0 Å². The zero-order valence-electron chi connectivity index (χ0n) is 13.6. The zero-order valence-corrected chi connectivity index (χ0v) is 13.6. The molecule has 0 atom stereocenters. The lowest BCUT2D eigenvalue weighted by molar-refractivity contribution is 0.571. The molecule has 24 heavy (non-hydrogen) atoms. The summed E-state index contributed by atoms with van der Waals surface area (Å²) in [5, 5.41) is 9.11. The molecule has 0 spiro atoms. The summed E-state index contributed by atoms with van der Waals surface area (Å²) in [5.74, 6) is 0.973. The molecule has 1 fully saturated rings. The summed E-state index contributed by atoms with van der Waals surface area (Å²) in [7, 11) is 0. The summed E-state index contributed by atoms with van der Waals surface area (Å²) in [6.45, 7) is 2.13. The minimum absolute atomic E-state index is 0.919. The number of pyridine rings is 1. The average Bonchev–Trinajstić information content (AvgIpc) is 2.69. The zero-order chi connectivity index (χ0) is 16.2. The average molecular weight is 316 g/mol. The number of anilines is 1. The number of aromatic nitrogens is 3. The Morgan fingerprint density at radius 2 is 1.50 bits per heavy atom. The Balaban J connectivity index is 1.82. The summed E-state index contributed by atoms with van der Waals surface area (Å²) in [6, 6.07) is 16.5. The van der Waals surface area contributed by atoms with Crippen LogP contribution >= 0.6 is 0 Å². The van der Waals surface area contributed by atoms with Gasteiger partial charge in [-0.3, -0.25) is 4.98 Å². The lowest BCUT2D eigenvalue weighted by Gasteiger charge is -2.27. The third-order valence-corrected chi connectivity index (χ3v) is 4.50. The summed E-state index contributed by atoms with van der Waals surface area (Å²) in [6.07, 6.45) is 7.42. The maximum atomic E-state index is 4.59. The van der Waals surface area contributed by atoms with Crippen molar-refractivity contribution in [1.29, 1.82) is 0 Å². The van der Waals surface area contributed by atoms with E-state index >= 15 is 0 Å². The van der Waals surface area contributed by atoms with Crippen LogP contribution in [0.25, 0.3) is 22.4 Å². The first-order chi connectivity index (χ1) is 11.9. The van der Waals surface area contributed by atoms with E-state index in [1.165, 1.54) is 19.3 Å². The monoisotopic (exact) mass is 316 g/mol. The molecule has 4 rings (SSSR count). The van der Waals surface area contributed by atoms with Gasteiger partial charge in [-0.05, 0) is 43.0 Å². The first-order valence-electron chi connectivity index (χ1n) is 8.50. The quantitative estimate of drug-likeness (QED) is 0.726. The number of rotatable bonds is 3. The SMILES string of the molecule is c1ccc(-c2nnc(N3CCCCC3)cc2-c2ccncc2)cc1. The van der Waals surface area contributed by atoms with E-state index in [4.69, 9.17) is 0 Å². The molecule has 3 aromatic rings. The van der Waals surface area contributed by atoms with Crippen molar-refractivity contribution in [3.05, 3.63) is 60.9 Å². The van der Waals surface area contributed by atoms with Crippen LogP contribution in [0, 0.1) is 0 Å². The van der Waals surface area contributed by atoms with Crippen molar-refractivity contribution in [2.24, 2.45) is 0 Å². The van der Waals surface area contributed by atoms with Crippen LogP contribution in [0.3, 0.4) is 0 Å². The fourth-order valence-electron chi connectivity index (χ4n) is 3.22. The van der Waals surface area contributed by atoms with Crippen LogP contribution in [0.4, 0.5) is 5.82 Å². The minimum Gasteiger partial charge on any atom is -0.355 e. The lowest BCUT2D eigenvalue weighted by Crippen LogP contribution is -2.30. The van der Waals surface area contributed by atoms with E-state index in [-0.39, 0.29) is 0 Å². The van der Waals surface area contributed by atoms with E-state index in [9.17, 15) is 0 Å². The van der Waals surface area contributed by atoms with Gasteiger partial charge in [0.25, 0.3) is 0 Å². The second-order valence-corrected chi connectivity index (χ2v) is 6.11. The van der Waals surface area contributed by atoms with Gasteiger partial charge in [-0.25, -0.2) is 0 Å². The van der Waals surface area contributed by atoms with Crippen LogP contribution in [0.15, 0.2) is 60.9 Å². The number of piperidine rings is 1. The van der Waals surface area contributed by atoms with E-state index in [1.54, 1.807) is 0 Å². The molecule has 0 aliphatic carbocycles. The first kappa shape index (κ1) is 14.8. The number of hydrogen-bond acceptors (Lipinski definition) is 4. The fraction of sp³-hybridized carbons (Fsp3) is 0.250. The van der Waals surface area contributed by atoms with Gasteiger partial charge in [0.2, 0.25) is 0 Å². The molecule has 0 radical (unpaired) electrons. The molecule has 0 saturated carbocycles. The van der Waals surface area contributed by atoms with Crippen LogP contribution in [-0.4, -0.2) is 28.3 Å². The Labute approximate surface area is 142 Å². The Morgan fingerprint density at radius 1 is 0.750 bits per heavy atom. The minimum atomic E-state index is 0.919. The van der Waals surface area contributed by atoms with Gasteiger partial charge < -0.3 is 4.90 Å². The molecule has 1 aliphatic rings. The van der Waals surface area contributed by atoms with Crippen molar-refractivity contribution in [2.75, 3.05) is 18.0 Å². The Kier molecular flexibility index (Phi) is 4.19. The van der Waals surface area contributed by atoms with E-state index in [1.807, 2.05) is 42.7 Å². The van der Waals surface area contributed by atoms with Crippen LogP contribution in [-0.2, 0) is 0 Å². The third kappa shape index (κ3) is 3.00. The third-order valence-electron chi connectivity index (χ3n) is 4.50. The van der Waals surface area contributed by atoms with Gasteiger partial charge in [-0.1, -0.05) is 30.3 Å². The Hall–Kier alpha value is -2.75. The maximum Gasteiger partial charge on any atom is 0.151 e. The van der Waals surface area contributed by atoms with Gasteiger partial charge in [0.05, 0.1) is 0 Å². The smallest absolute Gasteiger partial charge is 0.151 e. The summed E-state index contributed by atoms with van der Waals surface area (Å²) >= 11 is 0. The number of benzene rings is 1. The van der Waals surface area contributed by atoms with Gasteiger partial charge in [0.15, 0.2) is 5.82 Å². The molecule has 4 heteroatoms. The molecule has 0 N–H and O–H groups in total. The van der Waals surface area contributed by atoms with Crippen LogP contribution in [0.2, 0.25) is 0 Å². The summed E-state index contributed by atoms with van der Waals surface area (Å²) in [5.41, 5.74) is 4.24. The predicted octanol–water partition coefficient (Wildman–Crippen LogP) is 4.20. The molecule has 1 saturated heterocycles. The molecular formula is C20H20N4. The lowest BCUT2D eigenvalue weighted by atomic mass is 10.0. The maximum absolute atomic E-state index is 4.59. The summed E-state index contributed by atoms with van der Waals surface area (Å²) < 4.78 is 0.